The summed E-state index contributed by atoms with van der Waals surface area (Å²) >= 11 is 8.30. The number of hydrogen-bond donors (Lipinski definition) is 2. The number of aromatic nitrogens is 2. The third-order valence-corrected chi connectivity index (χ3v) is 13.8. The molecule has 13 nitrogen and oxygen atoms in total. The lowest BCUT2D eigenvalue weighted by Crippen LogP contribution is -2.57. The molecule has 0 radical (unpaired) electrons. The lowest BCUT2D eigenvalue weighted by Gasteiger charge is -2.30. The van der Waals surface area contributed by atoms with Gasteiger partial charge in [-0.2, -0.15) is 0 Å². The second-order valence-electron chi connectivity index (χ2n) is 14.6. The van der Waals surface area contributed by atoms with Crippen molar-refractivity contribution in [2.24, 2.45) is 5.92 Å². The van der Waals surface area contributed by atoms with Gasteiger partial charge in [0.15, 0.2) is 0 Å². The Kier molecular flexibility index (Phi) is 9.10. The maximum Gasteiger partial charge on any atom is 0.319 e. The van der Waals surface area contributed by atoms with Crippen molar-refractivity contribution in [3.05, 3.63) is 46.4 Å². The Bertz CT molecular complexity index is 2080. The van der Waals surface area contributed by atoms with Crippen LogP contribution >= 0.6 is 22.9 Å². The molecule has 52 heavy (non-hydrogen) atoms. The number of fused-ring (bicyclic) bond motifs is 3. The zero-order valence-electron chi connectivity index (χ0n) is 29.0. The van der Waals surface area contributed by atoms with Gasteiger partial charge in [-0.1, -0.05) is 23.8 Å². The number of hydrogen-bond acceptors (Lipinski definition) is 10. The molecular formula is C36H41ClN6O7S2. The largest absolute Gasteiger partial charge is 0.495 e. The summed E-state index contributed by atoms with van der Waals surface area (Å²) in [6.07, 6.45) is 9.24. The number of ether oxygens (including phenoxy) is 2. The van der Waals surface area contributed by atoms with E-state index in [9.17, 15) is 22.8 Å². The molecule has 2 aliphatic heterocycles. The summed E-state index contributed by atoms with van der Waals surface area (Å²) in [5.74, 6) is 0.0335. The number of carbonyl (C=O) groups is 3. The molecule has 4 heterocycles. The second kappa shape index (κ2) is 13.5. The van der Waals surface area contributed by atoms with Crippen LogP contribution in [0.2, 0.25) is 5.02 Å². The molecule has 0 bridgehead atoms. The Balaban J connectivity index is 1.11. The minimum absolute atomic E-state index is 0.0424. The van der Waals surface area contributed by atoms with Crippen molar-refractivity contribution in [2.45, 2.75) is 86.6 Å². The first-order chi connectivity index (χ1) is 25.0. The average molecular weight is 769 g/mol. The van der Waals surface area contributed by atoms with Gasteiger partial charge in [0.25, 0.3) is 5.91 Å². The Morgan fingerprint density at radius 3 is 2.69 bits per heavy atom. The summed E-state index contributed by atoms with van der Waals surface area (Å²) in [5, 5.41) is 6.02. The summed E-state index contributed by atoms with van der Waals surface area (Å²) < 4.78 is 39.9. The summed E-state index contributed by atoms with van der Waals surface area (Å²) in [7, 11) is -0.585. The fourth-order valence-electron chi connectivity index (χ4n) is 7.23. The van der Waals surface area contributed by atoms with Gasteiger partial charge >= 0.3 is 6.03 Å². The molecule has 2 N–H and O–H groups in total. The van der Waals surface area contributed by atoms with E-state index < -0.39 is 44.9 Å². The van der Waals surface area contributed by atoms with E-state index in [-0.39, 0.29) is 31.2 Å². The van der Waals surface area contributed by atoms with E-state index in [0.29, 0.717) is 58.4 Å². The number of sulfonamides is 1. The first-order valence-corrected chi connectivity index (χ1v) is 20.6. The van der Waals surface area contributed by atoms with E-state index in [1.807, 2.05) is 24.3 Å². The molecule has 0 spiro atoms. The lowest BCUT2D eigenvalue weighted by molar-refractivity contribution is -0.134. The fourth-order valence-corrected chi connectivity index (χ4v) is 9.74. The molecule has 4 atom stereocenters. The Morgan fingerprint density at radius 2 is 1.94 bits per heavy atom. The second-order valence-corrected chi connectivity index (χ2v) is 17.7. The number of thiazole rings is 1. The SMILES string of the molecule is COc1ccc2c(O[C@H]3C[C@H]4C(=O)N(C)CCCC/C=C/[C@@H]5C[C@@]5(C(=O)NS(=O)(=O)C5CC5)NC(=O)N4C3)cc(-c3nc(C4CC4)cs3)nc2c1Cl. The molecule has 5 aliphatic rings. The number of halogens is 1. The van der Waals surface area contributed by atoms with Gasteiger partial charge in [0.05, 0.1) is 30.1 Å². The molecule has 1 aromatic carbocycles. The maximum absolute atomic E-state index is 14.2. The number of carbonyl (C=O) groups excluding carboxylic acids is 3. The molecule has 16 heteroatoms. The standard InChI is InChI=1S/C36H41ClN6O7S2/c1-42-14-6-4-3-5-7-21-17-36(21,34(45)41-52(47,48)23-10-11-23)40-35(46)43-18-22(15-27(43)33(42)44)50-29-16-25(32-39-26(19-51-32)20-8-9-20)38-31-24(29)12-13-28(49-2)30(31)37/h5,7,12-13,16,19-23,27H,3-4,6,8-11,14-15,17-18H2,1-2H3,(H,40,46)(H,41,45)/b7-5+/t21-,22+,27+,36-/m1/s1. The third-order valence-electron chi connectivity index (χ3n) is 10.7. The van der Waals surface area contributed by atoms with Crippen molar-refractivity contribution in [2.75, 3.05) is 27.2 Å². The van der Waals surface area contributed by atoms with E-state index in [1.165, 1.54) is 23.3 Å². The highest BCUT2D eigenvalue weighted by atomic mass is 35.5. The van der Waals surface area contributed by atoms with Gasteiger partial charge in [0, 0.05) is 48.7 Å². The van der Waals surface area contributed by atoms with E-state index in [0.717, 1.165) is 42.8 Å². The van der Waals surface area contributed by atoms with Crippen LogP contribution in [-0.4, -0.2) is 96.2 Å². The third kappa shape index (κ3) is 6.71. The number of allylic oxidation sites excluding steroid dienone is 1. The normalized spacial score (nSPS) is 27.3. The number of amides is 4. The van der Waals surface area contributed by atoms with E-state index in [1.54, 1.807) is 18.0 Å². The first-order valence-electron chi connectivity index (χ1n) is 17.8. The number of nitrogens with one attached hydrogen (secondary N) is 2. The average Bonchev–Trinajstić information content (AvgIpc) is 4.07. The number of likely N-dealkylation sites (N-methyl/N-ethyl adjacent to an activating group) is 1. The van der Waals surface area contributed by atoms with Crippen molar-refractivity contribution in [3.8, 4) is 22.2 Å². The van der Waals surface area contributed by atoms with Crippen LogP contribution in [0.15, 0.2) is 35.7 Å². The summed E-state index contributed by atoms with van der Waals surface area (Å²) in [6.45, 7) is 0.565. The minimum atomic E-state index is -3.85. The van der Waals surface area contributed by atoms with Crippen LogP contribution in [0.5, 0.6) is 11.5 Å². The van der Waals surface area contributed by atoms with E-state index in [4.69, 9.17) is 31.0 Å². The molecule has 8 rings (SSSR count). The van der Waals surface area contributed by atoms with Gasteiger partial charge in [0.2, 0.25) is 15.9 Å². The van der Waals surface area contributed by atoms with Crippen LogP contribution in [0.25, 0.3) is 21.6 Å². The molecule has 3 aliphatic carbocycles. The van der Waals surface area contributed by atoms with Gasteiger partial charge in [-0.05, 0) is 63.5 Å². The monoisotopic (exact) mass is 768 g/mol. The number of benzene rings is 1. The van der Waals surface area contributed by atoms with Crippen LogP contribution in [-0.2, 0) is 19.6 Å². The summed E-state index contributed by atoms with van der Waals surface area (Å²) in [4.78, 5) is 54.6. The van der Waals surface area contributed by atoms with Crippen molar-refractivity contribution in [1.29, 1.82) is 0 Å². The number of urea groups is 1. The van der Waals surface area contributed by atoms with Crippen molar-refractivity contribution in [3.63, 3.8) is 0 Å². The Morgan fingerprint density at radius 1 is 1.13 bits per heavy atom. The van der Waals surface area contributed by atoms with Crippen LogP contribution < -0.4 is 19.5 Å². The summed E-state index contributed by atoms with van der Waals surface area (Å²) in [6, 6.07) is 3.87. The topological polar surface area (TPSA) is 160 Å². The number of rotatable bonds is 8. The number of methoxy groups -OCH3 is 1. The molecule has 4 fully saturated rings. The predicted molar refractivity (Wildman–Crippen MR) is 196 cm³/mol. The molecule has 3 saturated carbocycles. The van der Waals surface area contributed by atoms with Crippen molar-refractivity contribution >= 4 is 61.7 Å². The van der Waals surface area contributed by atoms with Gasteiger partial charge < -0.3 is 24.6 Å². The smallest absolute Gasteiger partial charge is 0.319 e. The van der Waals surface area contributed by atoms with Gasteiger partial charge in [-0.15, -0.1) is 11.3 Å². The molecule has 1 saturated heterocycles. The van der Waals surface area contributed by atoms with Gasteiger partial charge in [0.1, 0.15) is 44.9 Å². The van der Waals surface area contributed by atoms with Crippen LogP contribution in [0, 0.1) is 5.92 Å². The zero-order valence-corrected chi connectivity index (χ0v) is 31.4. The quantitative estimate of drug-likeness (QED) is 0.301. The summed E-state index contributed by atoms with van der Waals surface area (Å²) in [5.41, 5.74) is 0.660. The van der Waals surface area contributed by atoms with Crippen LogP contribution in [0.1, 0.15) is 69.4 Å². The van der Waals surface area contributed by atoms with Crippen molar-refractivity contribution < 1.29 is 32.3 Å². The molecule has 276 valence electrons. The van der Waals surface area contributed by atoms with Gasteiger partial charge in [-0.3, -0.25) is 14.3 Å². The minimum Gasteiger partial charge on any atom is -0.495 e. The van der Waals surface area contributed by atoms with Gasteiger partial charge in [-0.25, -0.2) is 23.2 Å². The van der Waals surface area contributed by atoms with Crippen LogP contribution in [0.4, 0.5) is 4.79 Å². The van der Waals surface area contributed by atoms with Crippen LogP contribution in [0.3, 0.4) is 0 Å². The van der Waals surface area contributed by atoms with Crippen molar-refractivity contribution in [1.82, 2.24) is 29.8 Å². The van der Waals surface area contributed by atoms with E-state index >= 15 is 0 Å². The fraction of sp³-hybridized carbons (Fsp3) is 0.528. The molecule has 0 unspecified atom stereocenters. The molecule has 2 aromatic heterocycles. The van der Waals surface area contributed by atoms with E-state index in [2.05, 4.69) is 15.4 Å². The molecule has 4 amide bonds. The zero-order chi connectivity index (χ0) is 36.4. The molecule has 3 aromatic rings. The highest BCUT2D eigenvalue weighted by Crippen LogP contribution is 2.47. The predicted octanol–water partition coefficient (Wildman–Crippen LogP) is 4.99. The Hall–Kier alpha value is -3.95. The number of pyridine rings is 1. The lowest BCUT2D eigenvalue weighted by atomic mass is 10.1. The maximum atomic E-state index is 14.2. The highest BCUT2D eigenvalue weighted by molar-refractivity contribution is 7.91. The number of nitrogens with zero attached hydrogens (tertiary/aromatic N) is 4. The highest BCUT2D eigenvalue weighted by Gasteiger charge is 2.62. The first kappa shape index (κ1) is 35.1. The molecular weight excluding hydrogens is 728 g/mol. The Labute approximate surface area is 311 Å².